The summed E-state index contributed by atoms with van der Waals surface area (Å²) < 4.78 is 0. The molecule has 3 heteroatoms. The Morgan fingerprint density at radius 2 is 1.57 bits per heavy atom. The fourth-order valence-corrected chi connectivity index (χ4v) is 1.03. The molecule has 0 bridgehead atoms. The van der Waals surface area contributed by atoms with Crippen molar-refractivity contribution in [2.45, 2.75) is 33.2 Å². The van der Waals surface area contributed by atoms with Crippen LogP contribution >= 0.6 is 0 Å². The third-order valence-electron chi connectivity index (χ3n) is 2.57. The zero-order valence-corrected chi connectivity index (χ0v) is 11.0. The van der Waals surface area contributed by atoms with Crippen LogP contribution in [0.25, 0.3) is 0 Å². The molecule has 0 rings (SSSR count). The molecule has 0 fully saturated rings. The van der Waals surface area contributed by atoms with Crippen molar-refractivity contribution in [1.29, 1.82) is 0 Å². The minimum atomic E-state index is -0.120. The van der Waals surface area contributed by atoms with Crippen molar-refractivity contribution in [1.82, 2.24) is 9.80 Å². The smallest absolute Gasteiger partial charge is 0.0625 e. The van der Waals surface area contributed by atoms with Crippen LogP contribution in [0.3, 0.4) is 0 Å². The zero-order valence-electron chi connectivity index (χ0n) is 11.0. The lowest BCUT2D eigenvalue weighted by Gasteiger charge is -2.37. The van der Waals surface area contributed by atoms with Crippen LogP contribution in [-0.4, -0.2) is 61.3 Å². The van der Waals surface area contributed by atoms with Gasteiger partial charge in [0.1, 0.15) is 0 Å². The third-order valence-corrected chi connectivity index (χ3v) is 2.57. The molecule has 88 valence electrons. The van der Waals surface area contributed by atoms with Crippen LogP contribution in [0.2, 0.25) is 0 Å². The lowest BCUT2D eigenvalue weighted by atomic mass is 10.0. The molecule has 0 saturated carbocycles. The molecule has 14 heavy (non-hydrogen) atoms. The molecule has 0 spiro atoms. The highest BCUT2D eigenvalue weighted by Gasteiger charge is 2.26. The van der Waals surface area contributed by atoms with Gasteiger partial charge in [0.25, 0.3) is 0 Å². The zero-order chi connectivity index (χ0) is 11.8. The fraction of sp³-hybridized carbons (Fsp3) is 1.00. The molecule has 1 N–H and O–H groups in total. The van der Waals surface area contributed by atoms with E-state index >= 15 is 0 Å². The summed E-state index contributed by atoms with van der Waals surface area (Å²) in [6.45, 7) is 10.3. The van der Waals surface area contributed by atoms with Crippen molar-refractivity contribution < 1.29 is 5.11 Å². The SMILES string of the molecule is CC.CCN(C)CC(C)(CO)N(C)C. The number of nitrogens with zero attached hydrogens (tertiary/aromatic N) is 2. The van der Waals surface area contributed by atoms with E-state index in [0.29, 0.717) is 0 Å². The van der Waals surface area contributed by atoms with E-state index in [1.54, 1.807) is 0 Å². The molecule has 0 aromatic carbocycles. The van der Waals surface area contributed by atoms with Gasteiger partial charge >= 0.3 is 0 Å². The second kappa shape index (κ2) is 8.21. The van der Waals surface area contributed by atoms with E-state index < -0.39 is 0 Å². The topological polar surface area (TPSA) is 26.7 Å². The third kappa shape index (κ3) is 5.58. The van der Waals surface area contributed by atoms with E-state index in [0.717, 1.165) is 13.1 Å². The van der Waals surface area contributed by atoms with Gasteiger partial charge in [-0.25, -0.2) is 0 Å². The number of likely N-dealkylation sites (N-methyl/N-ethyl adjacent to an activating group) is 2. The molecule has 3 nitrogen and oxygen atoms in total. The van der Waals surface area contributed by atoms with Crippen LogP contribution in [0, 0.1) is 0 Å². The highest BCUT2D eigenvalue weighted by Crippen LogP contribution is 2.11. The van der Waals surface area contributed by atoms with Gasteiger partial charge in [-0.2, -0.15) is 0 Å². The predicted molar refractivity (Wildman–Crippen MR) is 63.7 cm³/mol. The van der Waals surface area contributed by atoms with Crippen molar-refractivity contribution in [3.05, 3.63) is 0 Å². The van der Waals surface area contributed by atoms with Crippen LogP contribution in [-0.2, 0) is 0 Å². The number of rotatable bonds is 5. The quantitative estimate of drug-likeness (QED) is 0.731. The van der Waals surface area contributed by atoms with E-state index in [9.17, 15) is 5.11 Å². The van der Waals surface area contributed by atoms with Crippen molar-refractivity contribution in [3.63, 3.8) is 0 Å². The number of hydrogen-bond donors (Lipinski definition) is 1. The van der Waals surface area contributed by atoms with Gasteiger partial charge in [-0.15, -0.1) is 0 Å². The first-order chi connectivity index (χ1) is 6.46. The van der Waals surface area contributed by atoms with E-state index in [-0.39, 0.29) is 12.1 Å². The standard InChI is InChI=1S/C9H22N2O.C2H6/c1-6-11(5)7-9(2,8-12)10(3)4;1-2/h12H,6-8H2,1-5H3;1-2H3. The average molecular weight is 204 g/mol. The Morgan fingerprint density at radius 3 is 1.79 bits per heavy atom. The largest absolute Gasteiger partial charge is 0.394 e. The van der Waals surface area contributed by atoms with E-state index in [1.807, 2.05) is 27.9 Å². The summed E-state index contributed by atoms with van der Waals surface area (Å²) in [5.74, 6) is 0. The Bertz CT molecular complexity index is 128. The first-order valence-corrected chi connectivity index (χ1v) is 5.43. The van der Waals surface area contributed by atoms with Crippen molar-refractivity contribution in [3.8, 4) is 0 Å². The number of hydrogen-bond acceptors (Lipinski definition) is 3. The van der Waals surface area contributed by atoms with E-state index in [2.05, 4.69) is 30.7 Å². The van der Waals surface area contributed by atoms with Gasteiger partial charge in [0.15, 0.2) is 0 Å². The molecule has 1 atom stereocenters. The number of aliphatic hydroxyl groups is 1. The lowest BCUT2D eigenvalue weighted by molar-refractivity contribution is 0.0551. The Kier molecular flexibility index (Phi) is 9.57. The molecule has 0 amide bonds. The van der Waals surface area contributed by atoms with Crippen molar-refractivity contribution in [2.75, 3.05) is 40.8 Å². The molecule has 0 aliphatic rings. The minimum absolute atomic E-state index is 0.120. The highest BCUT2D eigenvalue weighted by atomic mass is 16.3. The van der Waals surface area contributed by atoms with Gasteiger partial charge in [0.05, 0.1) is 12.1 Å². The van der Waals surface area contributed by atoms with Crippen molar-refractivity contribution in [2.24, 2.45) is 0 Å². The van der Waals surface area contributed by atoms with Gasteiger partial charge in [-0.3, -0.25) is 0 Å². The second-order valence-corrected chi connectivity index (χ2v) is 3.88. The Hall–Kier alpha value is -0.120. The summed E-state index contributed by atoms with van der Waals surface area (Å²) in [6, 6.07) is 0. The van der Waals surface area contributed by atoms with Crippen molar-refractivity contribution >= 4 is 0 Å². The molecule has 0 aliphatic carbocycles. The lowest BCUT2D eigenvalue weighted by Crippen LogP contribution is -2.52. The normalized spacial score (nSPS) is 15.0. The Morgan fingerprint density at radius 1 is 1.14 bits per heavy atom. The molecule has 0 saturated heterocycles. The first kappa shape index (κ1) is 16.3. The van der Waals surface area contributed by atoms with Gasteiger partial charge in [0, 0.05) is 6.54 Å². The molecule has 1 unspecified atom stereocenters. The Balaban J connectivity index is 0. The summed E-state index contributed by atoms with van der Waals surface area (Å²) in [7, 11) is 6.07. The fourth-order valence-electron chi connectivity index (χ4n) is 1.03. The van der Waals surface area contributed by atoms with Gasteiger partial charge in [0.2, 0.25) is 0 Å². The molecule has 0 aliphatic heterocycles. The van der Waals surface area contributed by atoms with E-state index in [1.165, 1.54) is 0 Å². The van der Waals surface area contributed by atoms with Crippen LogP contribution in [0.1, 0.15) is 27.7 Å². The minimum Gasteiger partial charge on any atom is -0.394 e. The predicted octanol–water partition coefficient (Wildman–Crippen LogP) is 1.28. The molecule has 0 heterocycles. The van der Waals surface area contributed by atoms with Gasteiger partial charge in [-0.1, -0.05) is 20.8 Å². The Labute approximate surface area is 89.7 Å². The van der Waals surface area contributed by atoms with Crippen LogP contribution < -0.4 is 0 Å². The summed E-state index contributed by atoms with van der Waals surface area (Å²) in [4.78, 5) is 4.27. The summed E-state index contributed by atoms with van der Waals surface area (Å²) in [5.41, 5.74) is -0.120. The van der Waals surface area contributed by atoms with Gasteiger partial charge < -0.3 is 14.9 Å². The van der Waals surface area contributed by atoms with Crippen LogP contribution in [0.5, 0.6) is 0 Å². The molecular formula is C11H28N2O. The molecule has 0 aromatic rings. The second-order valence-electron chi connectivity index (χ2n) is 3.88. The van der Waals surface area contributed by atoms with Gasteiger partial charge in [-0.05, 0) is 34.6 Å². The summed E-state index contributed by atoms with van der Waals surface area (Å²) in [5, 5.41) is 9.23. The summed E-state index contributed by atoms with van der Waals surface area (Å²) in [6.07, 6.45) is 0. The maximum absolute atomic E-state index is 9.23. The average Bonchev–Trinajstić information content (AvgIpc) is 2.20. The highest BCUT2D eigenvalue weighted by molar-refractivity contribution is 4.84. The maximum Gasteiger partial charge on any atom is 0.0625 e. The molecular weight excluding hydrogens is 176 g/mol. The maximum atomic E-state index is 9.23. The summed E-state index contributed by atoms with van der Waals surface area (Å²) >= 11 is 0. The van der Waals surface area contributed by atoms with Crippen LogP contribution in [0.4, 0.5) is 0 Å². The number of aliphatic hydroxyl groups excluding tert-OH is 1. The first-order valence-electron chi connectivity index (χ1n) is 5.43. The molecule has 0 radical (unpaired) electrons. The van der Waals surface area contributed by atoms with Crippen LogP contribution in [0.15, 0.2) is 0 Å². The van der Waals surface area contributed by atoms with E-state index in [4.69, 9.17) is 0 Å². The molecule has 0 aromatic heterocycles. The monoisotopic (exact) mass is 204 g/mol.